The van der Waals surface area contributed by atoms with Crippen molar-refractivity contribution in [1.29, 1.82) is 0 Å². The van der Waals surface area contributed by atoms with Crippen molar-refractivity contribution in [2.45, 2.75) is 75.6 Å². The highest BCUT2D eigenvalue weighted by Crippen LogP contribution is 2.47. The van der Waals surface area contributed by atoms with Crippen LogP contribution in [-0.4, -0.2) is 59.8 Å². The van der Waals surface area contributed by atoms with Crippen LogP contribution in [0.1, 0.15) is 62.8 Å². The normalized spacial score (nSPS) is 29.6. The lowest BCUT2D eigenvalue weighted by atomic mass is 9.84. The van der Waals surface area contributed by atoms with Crippen molar-refractivity contribution in [2.75, 3.05) is 25.0 Å². The maximum atomic E-state index is 12.8. The molecule has 0 bridgehead atoms. The summed E-state index contributed by atoms with van der Waals surface area (Å²) in [7, 11) is 0. The van der Waals surface area contributed by atoms with Crippen LogP contribution in [0.15, 0.2) is 18.2 Å². The fraction of sp³-hybridized carbons (Fsp3) is 0.667. The molecule has 5 rings (SSSR count). The summed E-state index contributed by atoms with van der Waals surface area (Å²) >= 11 is 0. The van der Waals surface area contributed by atoms with Crippen molar-refractivity contribution in [2.24, 2.45) is 5.92 Å². The minimum Gasteiger partial charge on any atom is -0.487 e. The Kier molecular flexibility index (Phi) is 5.89. The molecule has 1 aliphatic carbocycles. The topological polar surface area (TPSA) is 88.1 Å². The van der Waals surface area contributed by atoms with E-state index in [1.165, 1.54) is 6.42 Å². The zero-order chi connectivity index (χ0) is 21.4. The Morgan fingerprint density at radius 3 is 2.68 bits per heavy atom. The fourth-order valence-corrected chi connectivity index (χ4v) is 5.23. The molecule has 1 aromatic carbocycles. The molecule has 4 atom stereocenters. The van der Waals surface area contributed by atoms with Gasteiger partial charge >= 0.3 is 0 Å². The molecule has 1 saturated carbocycles. The number of rotatable bonds is 6. The number of benzene rings is 1. The molecule has 0 aromatic heterocycles. The first-order chi connectivity index (χ1) is 15.1. The van der Waals surface area contributed by atoms with Gasteiger partial charge in [-0.1, -0.05) is 0 Å². The summed E-state index contributed by atoms with van der Waals surface area (Å²) in [5.41, 5.74) is 1.81. The highest BCUT2D eigenvalue weighted by molar-refractivity contribution is 5.91. The Hall–Kier alpha value is -2.12. The van der Waals surface area contributed by atoms with E-state index in [2.05, 4.69) is 5.32 Å². The second-order valence-corrected chi connectivity index (χ2v) is 9.50. The van der Waals surface area contributed by atoms with E-state index in [-0.39, 0.29) is 36.5 Å². The van der Waals surface area contributed by atoms with Crippen molar-refractivity contribution < 1.29 is 24.2 Å². The number of carbonyl (C=O) groups excluding carboxylic acids is 2. The van der Waals surface area contributed by atoms with Crippen LogP contribution in [0.3, 0.4) is 0 Å². The summed E-state index contributed by atoms with van der Waals surface area (Å²) in [6.45, 7) is 1.52. The summed E-state index contributed by atoms with van der Waals surface area (Å²) in [6.07, 6.45) is 6.25. The van der Waals surface area contributed by atoms with Gasteiger partial charge in [-0.2, -0.15) is 0 Å². The summed E-state index contributed by atoms with van der Waals surface area (Å²) in [6, 6.07) is 5.75. The minimum absolute atomic E-state index is 0.0420. The molecule has 0 spiro atoms. The smallest absolute Gasteiger partial charge is 0.225 e. The van der Waals surface area contributed by atoms with Crippen molar-refractivity contribution >= 4 is 17.5 Å². The predicted octanol–water partition coefficient (Wildman–Crippen LogP) is 2.82. The predicted molar refractivity (Wildman–Crippen MR) is 115 cm³/mol. The van der Waals surface area contributed by atoms with Gasteiger partial charge in [-0.3, -0.25) is 9.59 Å². The van der Waals surface area contributed by atoms with Crippen LogP contribution in [0.2, 0.25) is 0 Å². The number of piperidine rings is 1. The number of hydrogen-bond acceptors (Lipinski definition) is 5. The van der Waals surface area contributed by atoms with Gasteiger partial charge in [0.15, 0.2) is 0 Å². The molecule has 7 heteroatoms. The van der Waals surface area contributed by atoms with Gasteiger partial charge in [0.1, 0.15) is 18.0 Å². The Bertz CT molecular complexity index is 833. The third-order valence-electron chi connectivity index (χ3n) is 7.07. The van der Waals surface area contributed by atoms with Gasteiger partial charge in [0, 0.05) is 36.7 Å². The summed E-state index contributed by atoms with van der Waals surface area (Å²) < 4.78 is 12.2. The van der Waals surface area contributed by atoms with E-state index in [1.54, 1.807) is 0 Å². The molecule has 168 valence electrons. The number of hydrogen-bond donors (Lipinski definition) is 2. The molecule has 3 fully saturated rings. The Labute approximate surface area is 183 Å². The van der Waals surface area contributed by atoms with Crippen LogP contribution in [0.4, 0.5) is 5.69 Å². The number of amides is 2. The maximum Gasteiger partial charge on any atom is 0.225 e. The van der Waals surface area contributed by atoms with E-state index in [0.29, 0.717) is 25.2 Å². The average Bonchev–Trinajstić information content (AvgIpc) is 3.52. The van der Waals surface area contributed by atoms with Gasteiger partial charge in [-0.15, -0.1) is 0 Å². The number of nitrogens with one attached hydrogen (secondary N) is 1. The zero-order valence-corrected chi connectivity index (χ0v) is 17.9. The lowest BCUT2D eigenvalue weighted by Crippen LogP contribution is -2.48. The first-order valence-electron chi connectivity index (χ1n) is 11.7. The molecule has 0 unspecified atom stereocenters. The molecule has 31 heavy (non-hydrogen) atoms. The van der Waals surface area contributed by atoms with E-state index < -0.39 is 6.10 Å². The number of likely N-dealkylation sites (tertiary alicyclic amines) is 1. The SMILES string of the molecule is O=C(CC1CC1)Nc1ccc2c(c1)[C@H]1C[C@H](CC(=O)N3CCCCC3)O[C@@H](CO)[C@H]1O2. The zero-order valence-electron chi connectivity index (χ0n) is 17.9. The van der Waals surface area contributed by atoms with Gasteiger partial charge in [-0.05, 0) is 62.6 Å². The Morgan fingerprint density at radius 1 is 1.13 bits per heavy atom. The summed E-state index contributed by atoms with van der Waals surface area (Å²) in [4.78, 5) is 26.9. The highest BCUT2D eigenvalue weighted by atomic mass is 16.6. The third-order valence-corrected chi connectivity index (χ3v) is 7.07. The lowest BCUT2D eigenvalue weighted by Gasteiger charge is -2.38. The largest absolute Gasteiger partial charge is 0.487 e. The number of aliphatic hydroxyl groups is 1. The first-order valence-corrected chi connectivity index (χ1v) is 11.7. The molecular weight excluding hydrogens is 396 g/mol. The van der Waals surface area contributed by atoms with E-state index in [0.717, 1.165) is 55.8 Å². The van der Waals surface area contributed by atoms with Crippen molar-refractivity contribution in [3.05, 3.63) is 23.8 Å². The van der Waals surface area contributed by atoms with Gasteiger partial charge in [0.25, 0.3) is 0 Å². The van der Waals surface area contributed by atoms with E-state index in [9.17, 15) is 14.7 Å². The van der Waals surface area contributed by atoms with E-state index >= 15 is 0 Å². The first kappa shape index (κ1) is 20.8. The van der Waals surface area contributed by atoms with Gasteiger partial charge in [-0.25, -0.2) is 0 Å². The molecular formula is C24H32N2O5. The molecule has 4 aliphatic rings. The second-order valence-electron chi connectivity index (χ2n) is 9.50. The number of fused-ring (bicyclic) bond motifs is 3. The van der Waals surface area contributed by atoms with Crippen molar-refractivity contribution in [1.82, 2.24) is 4.90 Å². The van der Waals surface area contributed by atoms with Crippen LogP contribution in [0, 0.1) is 5.92 Å². The molecule has 1 aromatic rings. The summed E-state index contributed by atoms with van der Waals surface area (Å²) in [5, 5.41) is 12.9. The quantitative estimate of drug-likeness (QED) is 0.728. The average molecular weight is 429 g/mol. The molecule has 2 saturated heterocycles. The molecule has 2 N–H and O–H groups in total. The molecule has 3 heterocycles. The highest BCUT2D eigenvalue weighted by Gasteiger charge is 2.46. The van der Waals surface area contributed by atoms with E-state index in [1.807, 2.05) is 23.1 Å². The van der Waals surface area contributed by atoms with Crippen molar-refractivity contribution in [3.63, 3.8) is 0 Å². The molecule has 0 radical (unpaired) electrons. The number of aliphatic hydroxyl groups excluding tert-OH is 1. The minimum atomic E-state index is -0.460. The van der Waals surface area contributed by atoms with Crippen LogP contribution in [-0.2, 0) is 14.3 Å². The fourth-order valence-electron chi connectivity index (χ4n) is 5.23. The number of nitrogens with zero attached hydrogens (tertiary/aromatic N) is 1. The van der Waals surface area contributed by atoms with Crippen LogP contribution < -0.4 is 10.1 Å². The van der Waals surface area contributed by atoms with Crippen molar-refractivity contribution in [3.8, 4) is 5.75 Å². The summed E-state index contributed by atoms with van der Waals surface area (Å²) in [5.74, 6) is 1.56. The standard InChI is InChI=1S/C24H32N2O5/c27-14-21-24-19(12-17(30-21)13-23(29)26-8-2-1-3-9-26)18-11-16(6-7-20(18)31-24)25-22(28)10-15-4-5-15/h6-7,11,15,17,19,21,24,27H,1-5,8-10,12-14H2,(H,25,28)/t17-,19-,21+,24+/m1/s1. The van der Waals surface area contributed by atoms with Crippen LogP contribution in [0.25, 0.3) is 0 Å². The van der Waals surface area contributed by atoms with Gasteiger partial charge < -0.3 is 24.8 Å². The monoisotopic (exact) mass is 428 g/mol. The molecule has 7 nitrogen and oxygen atoms in total. The van der Waals surface area contributed by atoms with Gasteiger partial charge in [0.05, 0.1) is 19.1 Å². The number of carbonyl (C=O) groups is 2. The van der Waals surface area contributed by atoms with Crippen LogP contribution >= 0.6 is 0 Å². The van der Waals surface area contributed by atoms with E-state index in [4.69, 9.17) is 9.47 Å². The van der Waals surface area contributed by atoms with Gasteiger partial charge in [0.2, 0.25) is 11.8 Å². The number of ether oxygens (including phenoxy) is 2. The third kappa shape index (κ3) is 4.58. The number of anilines is 1. The Balaban J connectivity index is 1.28. The molecule has 2 amide bonds. The van der Waals surface area contributed by atoms with Crippen LogP contribution in [0.5, 0.6) is 5.75 Å². The maximum absolute atomic E-state index is 12.8. The molecule has 3 aliphatic heterocycles. The lowest BCUT2D eigenvalue weighted by molar-refractivity contribution is -0.149. The Morgan fingerprint density at radius 2 is 1.94 bits per heavy atom. The second kappa shape index (κ2) is 8.79.